The maximum atomic E-state index is 3.62. The maximum absolute atomic E-state index is 3.62. The number of hydrogen-bond acceptors (Lipinski definition) is 2. The van der Waals surface area contributed by atoms with E-state index in [4.69, 9.17) is 0 Å². The van der Waals surface area contributed by atoms with Crippen LogP contribution in [-0.2, 0) is 12.8 Å². The molecule has 1 aromatic heterocycles. The van der Waals surface area contributed by atoms with Crippen LogP contribution in [0.15, 0.2) is 46.3 Å². The lowest BCUT2D eigenvalue weighted by atomic mass is 10.0. The second kappa shape index (κ2) is 8.60. The summed E-state index contributed by atoms with van der Waals surface area (Å²) in [6.45, 7) is 3.23. The van der Waals surface area contributed by atoms with Gasteiger partial charge in [0.1, 0.15) is 0 Å². The first-order valence-electron chi connectivity index (χ1n) is 7.28. The third-order valence-electron chi connectivity index (χ3n) is 3.42. The lowest BCUT2D eigenvalue weighted by molar-refractivity contribution is 0.477. The zero-order chi connectivity index (χ0) is 14.2. The smallest absolute Gasteiger partial charge is 0.0178 e. The van der Waals surface area contributed by atoms with Crippen molar-refractivity contribution in [2.45, 2.75) is 38.6 Å². The van der Waals surface area contributed by atoms with Crippen molar-refractivity contribution in [1.82, 2.24) is 5.32 Å². The van der Waals surface area contributed by atoms with Crippen molar-refractivity contribution in [3.8, 4) is 0 Å². The quantitative estimate of drug-likeness (QED) is 0.701. The third-order valence-corrected chi connectivity index (χ3v) is 4.85. The van der Waals surface area contributed by atoms with Gasteiger partial charge in [-0.2, -0.15) is 0 Å². The van der Waals surface area contributed by atoms with E-state index in [1.54, 1.807) is 0 Å². The van der Waals surface area contributed by atoms with Crippen LogP contribution < -0.4 is 5.32 Å². The Kier molecular flexibility index (Phi) is 6.77. The van der Waals surface area contributed by atoms with Gasteiger partial charge in [0.25, 0.3) is 0 Å². The molecule has 0 aliphatic carbocycles. The number of hydrogen-bond donors (Lipinski definition) is 1. The Bertz CT molecular complexity index is 495. The van der Waals surface area contributed by atoms with E-state index in [9.17, 15) is 0 Å². The molecule has 0 amide bonds. The summed E-state index contributed by atoms with van der Waals surface area (Å²) in [6, 6.07) is 13.6. The Morgan fingerprint density at radius 2 is 2.15 bits per heavy atom. The third kappa shape index (κ3) is 5.39. The van der Waals surface area contributed by atoms with Gasteiger partial charge in [0.05, 0.1) is 0 Å². The summed E-state index contributed by atoms with van der Waals surface area (Å²) in [6.07, 6.45) is 4.81. The molecule has 0 radical (unpaired) electrons. The van der Waals surface area contributed by atoms with Crippen molar-refractivity contribution in [1.29, 1.82) is 0 Å². The van der Waals surface area contributed by atoms with Gasteiger partial charge in [-0.15, -0.1) is 11.3 Å². The predicted molar refractivity (Wildman–Crippen MR) is 92.6 cm³/mol. The number of nitrogens with one attached hydrogen (secondary N) is 1. The van der Waals surface area contributed by atoms with E-state index in [-0.39, 0.29) is 0 Å². The Labute approximate surface area is 134 Å². The fourth-order valence-electron chi connectivity index (χ4n) is 2.49. The lowest BCUT2D eigenvalue weighted by Crippen LogP contribution is -2.31. The summed E-state index contributed by atoms with van der Waals surface area (Å²) in [4.78, 5) is 1.50. The van der Waals surface area contributed by atoms with Crippen molar-refractivity contribution in [2.75, 3.05) is 6.54 Å². The highest BCUT2D eigenvalue weighted by atomic mass is 79.9. The fourth-order valence-corrected chi connectivity index (χ4v) is 3.69. The molecule has 20 heavy (non-hydrogen) atoms. The molecule has 0 saturated carbocycles. The number of rotatable bonds is 8. The first-order valence-corrected chi connectivity index (χ1v) is 8.95. The van der Waals surface area contributed by atoms with Crippen LogP contribution in [0.3, 0.4) is 0 Å². The zero-order valence-electron chi connectivity index (χ0n) is 11.9. The second-order valence-corrected chi connectivity index (χ2v) is 7.01. The number of aryl methyl sites for hydroxylation is 1. The molecule has 1 aromatic carbocycles. The van der Waals surface area contributed by atoms with Crippen molar-refractivity contribution in [3.05, 3.63) is 56.7 Å². The van der Waals surface area contributed by atoms with Crippen LogP contribution in [0.1, 0.15) is 30.2 Å². The van der Waals surface area contributed by atoms with Crippen LogP contribution in [0.25, 0.3) is 0 Å². The van der Waals surface area contributed by atoms with E-state index in [1.807, 2.05) is 11.3 Å². The van der Waals surface area contributed by atoms with Crippen molar-refractivity contribution >= 4 is 27.3 Å². The molecule has 2 rings (SSSR count). The molecule has 1 heterocycles. The van der Waals surface area contributed by atoms with E-state index in [0.717, 1.165) is 13.0 Å². The van der Waals surface area contributed by atoms with E-state index in [0.29, 0.717) is 6.04 Å². The molecular formula is C17H22BrNS. The second-order valence-electron chi connectivity index (χ2n) is 5.06. The van der Waals surface area contributed by atoms with Crippen LogP contribution in [0.2, 0.25) is 0 Å². The molecule has 0 aliphatic rings. The molecule has 3 heteroatoms. The maximum Gasteiger partial charge on any atom is 0.0178 e. The molecule has 0 spiro atoms. The van der Waals surface area contributed by atoms with Crippen LogP contribution in [-0.4, -0.2) is 12.6 Å². The SMILES string of the molecule is CCNC(CCCc1cccs1)Cc1cccc(Br)c1. The van der Waals surface area contributed by atoms with Gasteiger partial charge < -0.3 is 5.32 Å². The topological polar surface area (TPSA) is 12.0 Å². The Balaban J connectivity index is 1.83. The molecule has 0 bridgehead atoms. The number of benzene rings is 1. The first-order chi connectivity index (χ1) is 9.78. The molecule has 108 valence electrons. The van der Waals surface area contributed by atoms with E-state index < -0.39 is 0 Å². The first kappa shape index (κ1) is 15.7. The number of likely N-dealkylation sites (N-methyl/N-ethyl adjacent to an activating group) is 1. The standard InChI is InChI=1S/C17H22BrNS/c1-2-19-16(8-4-9-17-10-5-11-20-17)13-14-6-3-7-15(18)12-14/h3,5-7,10-12,16,19H,2,4,8-9,13H2,1H3. The Morgan fingerprint density at radius 1 is 1.25 bits per heavy atom. The van der Waals surface area contributed by atoms with Gasteiger partial charge in [-0.25, -0.2) is 0 Å². The van der Waals surface area contributed by atoms with Gasteiger partial charge in [0, 0.05) is 15.4 Å². The van der Waals surface area contributed by atoms with Crippen molar-refractivity contribution in [2.24, 2.45) is 0 Å². The van der Waals surface area contributed by atoms with Crippen molar-refractivity contribution in [3.63, 3.8) is 0 Å². The largest absolute Gasteiger partial charge is 0.314 e. The summed E-state index contributed by atoms with van der Waals surface area (Å²) in [5, 5.41) is 5.78. The minimum Gasteiger partial charge on any atom is -0.314 e. The Hall–Kier alpha value is -0.640. The highest BCUT2D eigenvalue weighted by molar-refractivity contribution is 9.10. The molecular weight excluding hydrogens is 330 g/mol. The van der Waals surface area contributed by atoms with E-state index in [1.165, 1.54) is 34.2 Å². The predicted octanol–water partition coefficient (Wildman–Crippen LogP) is 5.05. The van der Waals surface area contributed by atoms with E-state index >= 15 is 0 Å². The molecule has 0 saturated heterocycles. The van der Waals surface area contributed by atoms with Crippen LogP contribution in [0.4, 0.5) is 0 Å². The van der Waals surface area contributed by atoms with Gasteiger partial charge in [-0.3, -0.25) is 0 Å². The molecule has 1 N–H and O–H groups in total. The van der Waals surface area contributed by atoms with Crippen LogP contribution in [0.5, 0.6) is 0 Å². The van der Waals surface area contributed by atoms with Gasteiger partial charge in [0.2, 0.25) is 0 Å². The van der Waals surface area contributed by atoms with Gasteiger partial charge in [-0.05, 0) is 61.4 Å². The lowest BCUT2D eigenvalue weighted by Gasteiger charge is -2.18. The van der Waals surface area contributed by atoms with Crippen LogP contribution >= 0.6 is 27.3 Å². The summed E-state index contributed by atoms with van der Waals surface area (Å²) in [7, 11) is 0. The average molecular weight is 352 g/mol. The van der Waals surface area contributed by atoms with Crippen molar-refractivity contribution < 1.29 is 0 Å². The molecule has 1 nitrogen and oxygen atoms in total. The van der Waals surface area contributed by atoms with Gasteiger partial charge in [-0.1, -0.05) is 41.1 Å². The average Bonchev–Trinajstić information content (AvgIpc) is 2.92. The van der Waals surface area contributed by atoms with Crippen LogP contribution in [0, 0.1) is 0 Å². The monoisotopic (exact) mass is 351 g/mol. The summed E-state index contributed by atoms with van der Waals surface area (Å²) >= 11 is 5.42. The molecule has 0 fully saturated rings. The van der Waals surface area contributed by atoms with Gasteiger partial charge >= 0.3 is 0 Å². The number of thiophene rings is 1. The minimum absolute atomic E-state index is 0.578. The molecule has 1 unspecified atom stereocenters. The molecule has 1 atom stereocenters. The molecule has 0 aliphatic heterocycles. The minimum atomic E-state index is 0.578. The number of halogens is 1. The normalized spacial score (nSPS) is 12.5. The fraction of sp³-hybridized carbons (Fsp3) is 0.412. The summed E-state index contributed by atoms with van der Waals surface area (Å²) in [5.41, 5.74) is 1.40. The summed E-state index contributed by atoms with van der Waals surface area (Å²) in [5.74, 6) is 0. The Morgan fingerprint density at radius 3 is 2.85 bits per heavy atom. The highest BCUT2D eigenvalue weighted by Gasteiger charge is 2.09. The zero-order valence-corrected chi connectivity index (χ0v) is 14.3. The highest BCUT2D eigenvalue weighted by Crippen LogP contribution is 2.16. The van der Waals surface area contributed by atoms with Gasteiger partial charge in [0.15, 0.2) is 0 Å². The summed E-state index contributed by atoms with van der Waals surface area (Å²) < 4.78 is 1.17. The molecule has 2 aromatic rings. The van der Waals surface area contributed by atoms with E-state index in [2.05, 4.69) is 69.9 Å².